The Morgan fingerprint density at radius 3 is 2.39 bits per heavy atom. The summed E-state index contributed by atoms with van der Waals surface area (Å²) in [6.07, 6.45) is 23.6. The van der Waals surface area contributed by atoms with Crippen molar-refractivity contribution in [2.75, 3.05) is 0 Å². The number of carbonyl (C=O) groups is 1. The highest BCUT2D eigenvalue weighted by molar-refractivity contribution is 5.66. The van der Waals surface area contributed by atoms with Gasteiger partial charge in [0.25, 0.3) is 0 Å². The molecule has 0 aliphatic rings. The van der Waals surface area contributed by atoms with Gasteiger partial charge in [0.1, 0.15) is 0 Å². The maximum absolute atomic E-state index is 10.4. The molecule has 0 aromatic heterocycles. The van der Waals surface area contributed by atoms with Crippen LogP contribution < -0.4 is 0 Å². The molecule has 3 heteroatoms. The molecular formula is C20H32O3. The molecule has 0 heterocycles. The van der Waals surface area contributed by atoms with E-state index in [2.05, 4.69) is 25.2 Å². The summed E-state index contributed by atoms with van der Waals surface area (Å²) in [6, 6.07) is 0. The van der Waals surface area contributed by atoms with E-state index in [0.717, 1.165) is 6.42 Å². The van der Waals surface area contributed by atoms with Gasteiger partial charge in [0, 0.05) is 6.42 Å². The SMILES string of the molecule is CCCCC/C=C/C/C=C/C=C/C=C/C[C@@H](O)CCCC(=O)O. The van der Waals surface area contributed by atoms with Crippen molar-refractivity contribution in [3.63, 3.8) is 0 Å². The highest BCUT2D eigenvalue weighted by Crippen LogP contribution is 2.05. The molecule has 0 aliphatic carbocycles. The first-order valence-corrected chi connectivity index (χ1v) is 8.70. The Hall–Kier alpha value is -1.61. The van der Waals surface area contributed by atoms with Crippen molar-refractivity contribution >= 4 is 5.97 Å². The predicted molar refractivity (Wildman–Crippen MR) is 97.4 cm³/mol. The smallest absolute Gasteiger partial charge is 0.303 e. The van der Waals surface area contributed by atoms with Gasteiger partial charge in [-0.05, 0) is 38.5 Å². The van der Waals surface area contributed by atoms with E-state index in [1.807, 2.05) is 30.4 Å². The molecule has 0 amide bonds. The fourth-order valence-corrected chi connectivity index (χ4v) is 2.01. The third kappa shape index (κ3) is 18.3. The van der Waals surface area contributed by atoms with Gasteiger partial charge in [-0.15, -0.1) is 0 Å². The van der Waals surface area contributed by atoms with Gasteiger partial charge in [-0.25, -0.2) is 0 Å². The quantitative estimate of drug-likeness (QED) is 0.263. The van der Waals surface area contributed by atoms with Crippen LogP contribution in [0.5, 0.6) is 0 Å². The molecule has 0 aromatic rings. The van der Waals surface area contributed by atoms with Crippen LogP contribution in [0.4, 0.5) is 0 Å². The Kier molecular flexibility index (Phi) is 15.6. The first-order valence-electron chi connectivity index (χ1n) is 8.70. The zero-order valence-corrected chi connectivity index (χ0v) is 14.4. The number of carboxylic acid groups (broad SMARTS) is 1. The maximum atomic E-state index is 10.4. The second-order valence-electron chi connectivity index (χ2n) is 5.62. The van der Waals surface area contributed by atoms with Crippen LogP contribution in [0, 0.1) is 0 Å². The second kappa shape index (κ2) is 16.8. The Morgan fingerprint density at radius 1 is 0.957 bits per heavy atom. The lowest BCUT2D eigenvalue weighted by atomic mass is 10.1. The van der Waals surface area contributed by atoms with Crippen LogP contribution in [-0.2, 0) is 4.79 Å². The zero-order chi connectivity index (χ0) is 17.2. The fraction of sp³-hybridized carbons (Fsp3) is 0.550. The van der Waals surface area contributed by atoms with E-state index in [9.17, 15) is 9.90 Å². The van der Waals surface area contributed by atoms with E-state index in [-0.39, 0.29) is 6.42 Å². The largest absolute Gasteiger partial charge is 0.481 e. The van der Waals surface area contributed by atoms with Crippen molar-refractivity contribution in [2.45, 2.75) is 70.8 Å². The molecule has 0 saturated heterocycles. The standard InChI is InChI=1S/C20H32O3/c1-2-3-4-5-6-7-8-9-10-11-12-13-14-16-19(21)17-15-18-20(22)23/h6-7,9-14,19,21H,2-5,8,15-18H2,1H3,(H,22,23)/b7-6+,10-9+,12-11+,14-13+/t19-/m1/s1. The van der Waals surface area contributed by atoms with Crippen LogP contribution in [0.25, 0.3) is 0 Å². The van der Waals surface area contributed by atoms with E-state index in [0.29, 0.717) is 19.3 Å². The molecular weight excluding hydrogens is 288 g/mol. The van der Waals surface area contributed by atoms with Crippen LogP contribution in [-0.4, -0.2) is 22.3 Å². The summed E-state index contributed by atoms with van der Waals surface area (Å²) in [5.74, 6) is -0.807. The van der Waals surface area contributed by atoms with Crippen molar-refractivity contribution in [2.24, 2.45) is 0 Å². The average molecular weight is 320 g/mol. The number of carboxylic acids is 1. The molecule has 3 nitrogen and oxygen atoms in total. The van der Waals surface area contributed by atoms with Crippen molar-refractivity contribution in [1.82, 2.24) is 0 Å². The first-order chi connectivity index (χ1) is 11.2. The molecule has 130 valence electrons. The topological polar surface area (TPSA) is 57.5 Å². The van der Waals surface area contributed by atoms with E-state index in [1.54, 1.807) is 0 Å². The third-order valence-electron chi connectivity index (χ3n) is 3.35. The zero-order valence-electron chi connectivity index (χ0n) is 14.4. The lowest BCUT2D eigenvalue weighted by Gasteiger charge is -2.05. The summed E-state index contributed by atoms with van der Waals surface area (Å²) < 4.78 is 0. The van der Waals surface area contributed by atoms with E-state index in [4.69, 9.17) is 5.11 Å². The maximum Gasteiger partial charge on any atom is 0.303 e. The molecule has 2 N–H and O–H groups in total. The van der Waals surface area contributed by atoms with Crippen LogP contribution in [0.2, 0.25) is 0 Å². The molecule has 0 unspecified atom stereocenters. The molecule has 0 bridgehead atoms. The van der Waals surface area contributed by atoms with E-state index >= 15 is 0 Å². The molecule has 23 heavy (non-hydrogen) atoms. The summed E-state index contributed by atoms with van der Waals surface area (Å²) in [6.45, 7) is 2.22. The Labute approximate surface area is 141 Å². The number of aliphatic hydroxyl groups excluding tert-OH is 1. The molecule has 0 saturated carbocycles. The molecule has 0 aromatic carbocycles. The van der Waals surface area contributed by atoms with Crippen LogP contribution in [0.15, 0.2) is 48.6 Å². The van der Waals surface area contributed by atoms with Gasteiger partial charge in [-0.3, -0.25) is 4.79 Å². The van der Waals surface area contributed by atoms with E-state index < -0.39 is 12.1 Å². The first kappa shape index (κ1) is 21.4. The molecule has 0 aliphatic heterocycles. The lowest BCUT2D eigenvalue weighted by Crippen LogP contribution is -2.06. The summed E-state index contributed by atoms with van der Waals surface area (Å²) in [7, 11) is 0. The predicted octanol–water partition coefficient (Wildman–Crippen LogP) is 5.19. The number of allylic oxidation sites excluding steroid dienone is 7. The number of aliphatic carboxylic acids is 1. The van der Waals surface area contributed by atoms with Crippen molar-refractivity contribution in [1.29, 1.82) is 0 Å². The van der Waals surface area contributed by atoms with Gasteiger partial charge in [-0.2, -0.15) is 0 Å². The number of aliphatic hydroxyl groups is 1. The minimum absolute atomic E-state index is 0.124. The van der Waals surface area contributed by atoms with Gasteiger partial charge >= 0.3 is 5.97 Å². The monoisotopic (exact) mass is 320 g/mol. The fourth-order valence-electron chi connectivity index (χ4n) is 2.01. The van der Waals surface area contributed by atoms with Gasteiger partial charge in [0.05, 0.1) is 6.10 Å². The minimum Gasteiger partial charge on any atom is -0.481 e. The highest BCUT2D eigenvalue weighted by atomic mass is 16.4. The number of hydrogen-bond donors (Lipinski definition) is 2. The normalized spacial score (nSPS) is 13.8. The molecule has 0 fully saturated rings. The number of hydrogen-bond acceptors (Lipinski definition) is 2. The summed E-state index contributed by atoms with van der Waals surface area (Å²) >= 11 is 0. The summed E-state index contributed by atoms with van der Waals surface area (Å²) in [5, 5.41) is 18.2. The van der Waals surface area contributed by atoms with Gasteiger partial charge < -0.3 is 10.2 Å². The van der Waals surface area contributed by atoms with Crippen LogP contribution in [0.1, 0.15) is 64.7 Å². The Balaban J connectivity index is 3.60. The van der Waals surface area contributed by atoms with Crippen LogP contribution >= 0.6 is 0 Å². The molecule has 1 atom stereocenters. The van der Waals surface area contributed by atoms with Gasteiger partial charge in [0.2, 0.25) is 0 Å². The minimum atomic E-state index is -0.807. The van der Waals surface area contributed by atoms with E-state index in [1.165, 1.54) is 25.7 Å². The van der Waals surface area contributed by atoms with Gasteiger partial charge in [0.15, 0.2) is 0 Å². The number of rotatable bonds is 14. The lowest BCUT2D eigenvalue weighted by molar-refractivity contribution is -0.137. The van der Waals surface area contributed by atoms with Crippen molar-refractivity contribution in [3.8, 4) is 0 Å². The second-order valence-corrected chi connectivity index (χ2v) is 5.62. The summed E-state index contributed by atoms with van der Waals surface area (Å²) in [4.78, 5) is 10.4. The van der Waals surface area contributed by atoms with Crippen LogP contribution in [0.3, 0.4) is 0 Å². The summed E-state index contributed by atoms with van der Waals surface area (Å²) in [5.41, 5.74) is 0. The molecule has 0 radical (unpaired) electrons. The van der Waals surface area contributed by atoms with Crippen molar-refractivity contribution < 1.29 is 15.0 Å². The third-order valence-corrected chi connectivity index (χ3v) is 3.35. The Bertz CT molecular complexity index is 392. The molecule has 0 rings (SSSR count). The molecule has 0 spiro atoms. The van der Waals surface area contributed by atoms with Crippen molar-refractivity contribution in [3.05, 3.63) is 48.6 Å². The Morgan fingerprint density at radius 2 is 1.70 bits per heavy atom. The van der Waals surface area contributed by atoms with Gasteiger partial charge in [-0.1, -0.05) is 68.4 Å². The number of unbranched alkanes of at least 4 members (excludes halogenated alkanes) is 3. The highest BCUT2D eigenvalue weighted by Gasteiger charge is 2.03. The average Bonchev–Trinajstić information content (AvgIpc) is 2.51.